The van der Waals surface area contributed by atoms with E-state index in [1.165, 1.54) is 0 Å². The van der Waals surface area contributed by atoms with Gasteiger partial charge in [0.15, 0.2) is 0 Å². The molecule has 2 aromatic rings. The van der Waals surface area contributed by atoms with Crippen LogP contribution in [0.1, 0.15) is 51.0 Å². The lowest BCUT2D eigenvalue weighted by molar-refractivity contribution is 0.0499. The van der Waals surface area contributed by atoms with Gasteiger partial charge in [0.05, 0.1) is 11.3 Å². The van der Waals surface area contributed by atoms with Gasteiger partial charge in [0, 0.05) is 12.7 Å². The van der Waals surface area contributed by atoms with Crippen LogP contribution >= 0.6 is 0 Å². The maximum atomic E-state index is 11.8. The number of amides is 1. The quantitative estimate of drug-likeness (QED) is 0.934. The molecule has 0 aliphatic rings. The van der Waals surface area contributed by atoms with Crippen LogP contribution in [0.4, 0.5) is 4.79 Å². The van der Waals surface area contributed by atoms with E-state index in [2.05, 4.69) is 20.6 Å². The molecule has 0 fully saturated rings. The van der Waals surface area contributed by atoms with Gasteiger partial charge in [-0.15, -0.1) is 0 Å². The number of ether oxygens (including phenoxy) is 1. The zero-order chi connectivity index (χ0) is 17.4. The molecule has 0 bridgehead atoms. The summed E-state index contributed by atoms with van der Waals surface area (Å²) in [6, 6.07) is -0.455. The Bertz CT molecular complexity index is 711. The van der Waals surface area contributed by atoms with Gasteiger partial charge in [0.2, 0.25) is 11.7 Å². The maximum absolute atomic E-state index is 11.8. The fourth-order valence-corrected chi connectivity index (χ4v) is 2.16. The number of carbonyl (C=O) groups is 1. The Labute approximate surface area is 135 Å². The minimum Gasteiger partial charge on any atom is -0.444 e. The van der Waals surface area contributed by atoms with Crippen molar-refractivity contribution in [2.24, 2.45) is 7.05 Å². The van der Waals surface area contributed by atoms with Crippen molar-refractivity contribution in [3.05, 3.63) is 17.3 Å². The molecule has 1 unspecified atom stereocenters. The average Bonchev–Trinajstić information content (AvgIpc) is 2.93. The predicted molar refractivity (Wildman–Crippen MR) is 83.8 cm³/mol. The van der Waals surface area contributed by atoms with E-state index in [1.54, 1.807) is 32.4 Å². The molecule has 8 nitrogen and oxygen atoms in total. The molecule has 1 atom stereocenters. The van der Waals surface area contributed by atoms with Crippen molar-refractivity contribution in [3.8, 4) is 11.4 Å². The zero-order valence-corrected chi connectivity index (χ0v) is 14.6. The Morgan fingerprint density at radius 3 is 2.52 bits per heavy atom. The van der Waals surface area contributed by atoms with Crippen LogP contribution in [-0.2, 0) is 11.8 Å². The molecular weight excluding hydrogens is 298 g/mol. The first-order valence-corrected chi connectivity index (χ1v) is 7.42. The van der Waals surface area contributed by atoms with Crippen LogP contribution in [0.15, 0.2) is 4.52 Å². The number of hydrogen-bond donors (Lipinski definition) is 1. The van der Waals surface area contributed by atoms with E-state index in [1.807, 2.05) is 20.9 Å². The van der Waals surface area contributed by atoms with Crippen molar-refractivity contribution in [2.45, 2.75) is 53.2 Å². The van der Waals surface area contributed by atoms with E-state index in [4.69, 9.17) is 9.26 Å². The molecule has 126 valence electrons. The van der Waals surface area contributed by atoms with Crippen LogP contribution < -0.4 is 5.32 Å². The van der Waals surface area contributed by atoms with Crippen LogP contribution in [0, 0.1) is 13.8 Å². The Morgan fingerprint density at radius 2 is 2.00 bits per heavy atom. The second-order valence-corrected chi connectivity index (χ2v) is 6.49. The average molecular weight is 321 g/mol. The Morgan fingerprint density at radius 1 is 1.35 bits per heavy atom. The Balaban J connectivity index is 2.14. The summed E-state index contributed by atoms with van der Waals surface area (Å²) >= 11 is 0. The highest BCUT2D eigenvalue weighted by Crippen LogP contribution is 2.25. The first-order valence-electron chi connectivity index (χ1n) is 7.42. The Hall–Kier alpha value is -2.38. The van der Waals surface area contributed by atoms with Crippen LogP contribution in [-0.4, -0.2) is 31.6 Å². The number of nitrogens with zero attached hydrogens (tertiary/aromatic N) is 4. The van der Waals surface area contributed by atoms with Crippen LogP contribution in [0.3, 0.4) is 0 Å². The summed E-state index contributed by atoms with van der Waals surface area (Å²) in [5.41, 5.74) is 2.05. The van der Waals surface area contributed by atoms with E-state index in [-0.39, 0.29) is 0 Å². The van der Waals surface area contributed by atoms with Gasteiger partial charge in [-0.25, -0.2) is 4.79 Å². The summed E-state index contributed by atoms with van der Waals surface area (Å²) in [7, 11) is 1.86. The minimum absolute atomic E-state index is 0.313. The molecule has 2 heterocycles. The monoisotopic (exact) mass is 321 g/mol. The smallest absolute Gasteiger partial charge is 0.408 e. The summed E-state index contributed by atoms with van der Waals surface area (Å²) in [5, 5.41) is 11.0. The number of nitrogens with one attached hydrogen (secondary N) is 1. The number of aryl methyl sites for hydroxylation is 2. The lowest BCUT2D eigenvalue weighted by atomic mass is 10.2. The van der Waals surface area contributed by atoms with Gasteiger partial charge >= 0.3 is 6.09 Å². The van der Waals surface area contributed by atoms with Gasteiger partial charge in [-0.1, -0.05) is 5.16 Å². The summed E-state index contributed by atoms with van der Waals surface area (Å²) in [4.78, 5) is 16.2. The third-order valence-corrected chi connectivity index (χ3v) is 3.28. The molecule has 0 aliphatic carbocycles. The van der Waals surface area contributed by atoms with E-state index < -0.39 is 17.7 Å². The van der Waals surface area contributed by atoms with Crippen LogP contribution in [0.2, 0.25) is 0 Å². The van der Waals surface area contributed by atoms with Gasteiger partial charge < -0.3 is 14.6 Å². The van der Waals surface area contributed by atoms with Crippen molar-refractivity contribution in [1.29, 1.82) is 0 Å². The van der Waals surface area contributed by atoms with Crippen molar-refractivity contribution in [3.63, 3.8) is 0 Å². The molecule has 0 aliphatic heterocycles. The number of alkyl carbamates (subject to hydrolysis) is 1. The van der Waals surface area contributed by atoms with Crippen molar-refractivity contribution >= 4 is 6.09 Å². The molecule has 2 aromatic heterocycles. The molecule has 0 saturated carbocycles. The molecular formula is C15H23N5O3. The van der Waals surface area contributed by atoms with Crippen molar-refractivity contribution in [2.75, 3.05) is 0 Å². The van der Waals surface area contributed by atoms with Gasteiger partial charge in [-0.2, -0.15) is 10.1 Å². The van der Waals surface area contributed by atoms with Crippen molar-refractivity contribution in [1.82, 2.24) is 25.2 Å². The number of rotatable bonds is 3. The van der Waals surface area contributed by atoms with Gasteiger partial charge in [-0.05, 0) is 41.5 Å². The molecule has 0 aromatic carbocycles. The Kier molecular flexibility index (Phi) is 4.44. The molecule has 0 radical (unpaired) electrons. The van der Waals surface area contributed by atoms with Crippen LogP contribution in [0.25, 0.3) is 11.4 Å². The first kappa shape index (κ1) is 17.0. The lowest BCUT2D eigenvalue weighted by Crippen LogP contribution is -2.34. The topological polar surface area (TPSA) is 95.1 Å². The molecule has 8 heteroatoms. The largest absolute Gasteiger partial charge is 0.444 e. The van der Waals surface area contributed by atoms with E-state index in [0.29, 0.717) is 11.7 Å². The normalized spacial score (nSPS) is 13.0. The van der Waals surface area contributed by atoms with E-state index >= 15 is 0 Å². The van der Waals surface area contributed by atoms with Gasteiger partial charge in [-0.3, -0.25) is 4.68 Å². The van der Waals surface area contributed by atoms with Gasteiger partial charge in [0.25, 0.3) is 0 Å². The summed E-state index contributed by atoms with van der Waals surface area (Å²) < 4.78 is 12.2. The van der Waals surface area contributed by atoms with Crippen LogP contribution in [0.5, 0.6) is 0 Å². The summed E-state index contributed by atoms with van der Waals surface area (Å²) in [5.74, 6) is 0.773. The predicted octanol–water partition coefficient (Wildman–Crippen LogP) is 2.67. The highest BCUT2D eigenvalue weighted by Gasteiger charge is 2.23. The fourth-order valence-electron chi connectivity index (χ4n) is 2.16. The molecule has 0 saturated heterocycles. The maximum Gasteiger partial charge on any atom is 0.408 e. The molecule has 23 heavy (non-hydrogen) atoms. The number of carbonyl (C=O) groups excluding carboxylic acids is 1. The van der Waals surface area contributed by atoms with E-state index in [0.717, 1.165) is 17.0 Å². The van der Waals surface area contributed by atoms with Gasteiger partial charge in [0.1, 0.15) is 11.6 Å². The summed E-state index contributed by atoms with van der Waals surface area (Å²) in [6.07, 6.45) is -0.529. The second-order valence-electron chi connectivity index (χ2n) is 6.49. The standard InChI is InChI=1S/C15H23N5O3/c1-8-11(10(3)20(7)18-8)12-17-13(23-19-12)9(2)16-14(21)22-15(4,5)6/h9H,1-7H3,(H,16,21). The molecule has 2 rings (SSSR count). The minimum atomic E-state index is -0.562. The number of hydrogen-bond acceptors (Lipinski definition) is 6. The SMILES string of the molecule is Cc1nn(C)c(C)c1-c1noc(C(C)NC(=O)OC(C)(C)C)n1. The lowest BCUT2D eigenvalue weighted by Gasteiger charge is -2.20. The zero-order valence-electron chi connectivity index (χ0n) is 14.6. The number of aromatic nitrogens is 4. The summed E-state index contributed by atoms with van der Waals surface area (Å²) in [6.45, 7) is 11.0. The second kappa shape index (κ2) is 6.02. The first-order chi connectivity index (χ1) is 10.6. The highest BCUT2D eigenvalue weighted by atomic mass is 16.6. The van der Waals surface area contributed by atoms with Crippen molar-refractivity contribution < 1.29 is 14.1 Å². The third kappa shape index (κ3) is 3.88. The third-order valence-electron chi connectivity index (χ3n) is 3.28. The highest BCUT2D eigenvalue weighted by molar-refractivity contribution is 5.68. The molecule has 1 amide bonds. The molecule has 1 N–H and O–H groups in total. The fraction of sp³-hybridized carbons (Fsp3) is 0.600. The molecule has 0 spiro atoms. The van der Waals surface area contributed by atoms with E-state index in [9.17, 15) is 4.79 Å².